The SMILES string of the molecule is NC(=O)c1ccccc1OCC(=O)O.[Na]. The van der Waals surface area contributed by atoms with Crippen molar-refractivity contribution in [2.75, 3.05) is 6.61 Å². The fourth-order valence-corrected chi connectivity index (χ4v) is 0.936. The first-order valence-electron chi connectivity index (χ1n) is 3.84. The van der Waals surface area contributed by atoms with E-state index in [0.29, 0.717) is 0 Å². The Morgan fingerprint density at radius 1 is 1.33 bits per heavy atom. The van der Waals surface area contributed by atoms with Gasteiger partial charge in [0.2, 0.25) is 0 Å². The number of hydrogen-bond donors (Lipinski definition) is 2. The molecule has 3 N–H and O–H groups in total. The summed E-state index contributed by atoms with van der Waals surface area (Å²) in [5.41, 5.74) is 5.23. The van der Waals surface area contributed by atoms with Crippen LogP contribution in [0.25, 0.3) is 0 Å². The van der Waals surface area contributed by atoms with Gasteiger partial charge in [0.25, 0.3) is 5.91 Å². The van der Waals surface area contributed by atoms with Crippen LogP contribution in [0, 0.1) is 0 Å². The molecule has 0 aliphatic rings. The Morgan fingerprint density at radius 2 is 1.93 bits per heavy atom. The molecular weight excluding hydrogens is 209 g/mol. The summed E-state index contributed by atoms with van der Waals surface area (Å²) < 4.78 is 4.86. The third-order valence-corrected chi connectivity index (χ3v) is 1.50. The monoisotopic (exact) mass is 218 g/mol. The van der Waals surface area contributed by atoms with E-state index in [9.17, 15) is 9.59 Å². The molecule has 0 unspecified atom stereocenters. The maximum Gasteiger partial charge on any atom is 0.341 e. The van der Waals surface area contributed by atoms with Crippen LogP contribution in [-0.4, -0.2) is 53.1 Å². The van der Waals surface area contributed by atoms with E-state index in [1.165, 1.54) is 12.1 Å². The van der Waals surface area contributed by atoms with E-state index in [1.807, 2.05) is 0 Å². The number of aliphatic carboxylic acids is 1. The number of para-hydroxylation sites is 1. The zero-order valence-corrected chi connectivity index (χ0v) is 10.3. The normalized spacial score (nSPS) is 8.80. The summed E-state index contributed by atoms with van der Waals surface area (Å²) in [4.78, 5) is 21.1. The van der Waals surface area contributed by atoms with E-state index in [-0.39, 0.29) is 40.9 Å². The van der Waals surface area contributed by atoms with Crippen LogP contribution in [0.2, 0.25) is 0 Å². The minimum Gasteiger partial charge on any atom is -0.481 e. The molecule has 0 heterocycles. The first-order valence-corrected chi connectivity index (χ1v) is 3.84. The van der Waals surface area contributed by atoms with Crippen LogP contribution in [0.4, 0.5) is 0 Å². The number of benzene rings is 1. The van der Waals surface area contributed by atoms with Gasteiger partial charge in [0.15, 0.2) is 6.61 Å². The van der Waals surface area contributed by atoms with Crippen LogP contribution in [0.15, 0.2) is 24.3 Å². The number of carboxylic acid groups (broad SMARTS) is 1. The molecule has 0 aromatic heterocycles. The maximum atomic E-state index is 10.9. The Balaban J connectivity index is 0.00000196. The molecule has 5 nitrogen and oxygen atoms in total. The molecule has 1 rings (SSSR count). The molecule has 0 saturated carbocycles. The Labute approximate surface area is 109 Å². The Bertz CT molecular complexity index is 367. The maximum absolute atomic E-state index is 10.9. The molecule has 0 aliphatic heterocycles. The second kappa shape index (κ2) is 6.44. The summed E-state index contributed by atoms with van der Waals surface area (Å²) in [6.45, 7) is -0.496. The summed E-state index contributed by atoms with van der Waals surface area (Å²) in [5.74, 6) is -1.57. The standard InChI is InChI=1S/C9H9NO4.Na/c10-9(13)6-3-1-2-4-7(6)14-5-8(11)12;/h1-4H,5H2,(H2,10,13)(H,11,12);. The van der Waals surface area contributed by atoms with Crippen LogP contribution < -0.4 is 10.5 Å². The van der Waals surface area contributed by atoms with Gasteiger partial charge in [0, 0.05) is 29.6 Å². The fourth-order valence-electron chi connectivity index (χ4n) is 0.936. The van der Waals surface area contributed by atoms with Crippen molar-refractivity contribution in [2.45, 2.75) is 0 Å². The number of amides is 1. The third-order valence-electron chi connectivity index (χ3n) is 1.50. The van der Waals surface area contributed by atoms with E-state index in [4.69, 9.17) is 15.6 Å². The number of ether oxygens (including phenoxy) is 1. The summed E-state index contributed by atoms with van der Waals surface area (Å²) >= 11 is 0. The number of hydrogen-bond acceptors (Lipinski definition) is 3. The Kier molecular flexibility index (Phi) is 6.00. The smallest absolute Gasteiger partial charge is 0.341 e. The minimum absolute atomic E-state index is 0. The molecule has 1 amide bonds. The summed E-state index contributed by atoms with van der Waals surface area (Å²) in [6, 6.07) is 6.21. The van der Waals surface area contributed by atoms with Crippen molar-refractivity contribution in [3.63, 3.8) is 0 Å². The summed E-state index contributed by atoms with van der Waals surface area (Å²) in [7, 11) is 0. The predicted octanol–water partition coefficient (Wildman–Crippen LogP) is -0.132. The first-order chi connectivity index (χ1) is 6.61. The fraction of sp³-hybridized carbons (Fsp3) is 0.111. The Hall–Kier alpha value is -1.04. The third kappa shape index (κ3) is 4.33. The van der Waals surface area contributed by atoms with Gasteiger partial charge in [-0.05, 0) is 12.1 Å². The zero-order chi connectivity index (χ0) is 10.6. The second-order valence-electron chi connectivity index (χ2n) is 2.54. The van der Waals surface area contributed by atoms with Gasteiger partial charge in [-0.1, -0.05) is 12.1 Å². The largest absolute Gasteiger partial charge is 0.481 e. The number of carbonyl (C=O) groups is 2. The number of rotatable bonds is 4. The van der Waals surface area contributed by atoms with Crippen molar-refractivity contribution in [3.8, 4) is 5.75 Å². The van der Waals surface area contributed by atoms with Gasteiger partial charge in [0.05, 0.1) is 5.56 Å². The van der Waals surface area contributed by atoms with Gasteiger partial charge in [-0.25, -0.2) is 4.79 Å². The number of carbonyl (C=O) groups excluding carboxylic acids is 1. The average Bonchev–Trinajstić information content (AvgIpc) is 2.15. The van der Waals surface area contributed by atoms with E-state index < -0.39 is 18.5 Å². The number of carboxylic acids is 1. The average molecular weight is 218 g/mol. The van der Waals surface area contributed by atoms with Gasteiger partial charge in [0.1, 0.15) is 5.75 Å². The van der Waals surface area contributed by atoms with E-state index in [2.05, 4.69) is 0 Å². The van der Waals surface area contributed by atoms with Crippen LogP contribution in [0.5, 0.6) is 5.75 Å². The first kappa shape index (κ1) is 14.0. The predicted molar refractivity (Wildman–Crippen MR) is 53.8 cm³/mol. The van der Waals surface area contributed by atoms with Crippen molar-refractivity contribution in [3.05, 3.63) is 29.8 Å². The van der Waals surface area contributed by atoms with E-state index in [1.54, 1.807) is 12.1 Å². The van der Waals surface area contributed by atoms with Crippen LogP contribution >= 0.6 is 0 Å². The van der Waals surface area contributed by atoms with Gasteiger partial charge in [-0.3, -0.25) is 4.79 Å². The molecule has 1 aromatic rings. The number of nitrogens with two attached hydrogens (primary N) is 1. The van der Waals surface area contributed by atoms with Gasteiger partial charge in [-0.2, -0.15) is 0 Å². The molecule has 75 valence electrons. The van der Waals surface area contributed by atoms with Crippen LogP contribution in [0.3, 0.4) is 0 Å². The van der Waals surface area contributed by atoms with Gasteiger partial charge >= 0.3 is 5.97 Å². The van der Waals surface area contributed by atoms with Crippen molar-refractivity contribution in [2.24, 2.45) is 5.73 Å². The minimum atomic E-state index is -1.11. The van der Waals surface area contributed by atoms with Crippen molar-refractivity contribution in [1.29, 1.82) is 0 Å². The molecule has 0 fully saturated rings. The van der Waals surface area contributed by atoms with Crippen molar-refractivity contribution in [1.82, 2.24) is 0 Å². The molecule has 0 spiro atoms. The van der Waals surface area contributed by atoms with E-state index in [0.717, 1.165) is 0 Å². The molecule has 1 aromatic carbocycles. The molecule has 6 heteroatoms. The van der Waals surface area contributed by atoms with Crippen LogP contribution in [-0.2, 0) is 4.79 Å². The van der Waals surface area contributed by atoms with Crippen molar-refractivity contribution >= 4 is 41.4 Å². The summed E-state index contributed by atoms with van der Waals surface area (Å²) in [6.07, 6.45) is 0. The zero-order valence-electron chi connectivity index (χ0n) is 8.27. The van der Waals surface area contributed by atoms with E-state index >= 15 is 0 Å². The second-order valence-corrected chi connectivity index (χ2v) is 2.54. The number of primary amides is 1. The van der Waals surface area contributed by atoms with Gasteiger partial charge < -0.3 is 15.6 Å². The summed E-state index contributed by atoms with van der Waals surface area (Å²) in [5, 5.41) is 8.36. The molecule has 0 atom stereocenters. The van der Waals surface area contributed by atoms with Crippen LogP contribution in [0.1, 0.15) is 10.4 Å². The molecule has 0 saturated heterocycles. The molecule has 0 aliphatic carbocycles. The topological polar surface area (TPSA) is 89.6 Å². The quantitative estimate of drug-likeness (QED) is 0.689. The molecule has 15 heavy (non-hydrogen) atoms. The van der Waals surface area contributed by atoms with Crippen molar-refractivity contribution < 1.29 is 19.4 Å². The molecule has 0 bridgehead atoms. The molecule has 1 radical (unpaired) electrons. The molecular formula is C9H9NNaO4. The van der Waals surface area contributed by atoms with Gasteiger partial charge in [-0.15, -0.1) is 0 Å². The Morgan fingerprint density at radius 3 is 2.47 bits per heavy atom.